The van der Waals surface area contributed by atoms with Crippen LogP contribution in [0.4, 0.5) is 5.69 Å². The average Bonchev–Trinajstić information content (AvgIpc) is 2.67. The van der Waals surface area contributed by atoms with Crippen LogP contribution in [0.3, 0.4) is 0 Å². The number of rotatable bonds is 7. The zero-order chi connectivity index (χ0) is 21.6. The van der Waals surface area contributed by atoms with Gasteiger partial charge in [-0.3, -0.25) is 19.7 Å². The number of amides is 2. The number of non-ortho nitro benzene ring substituents is 1. The van der Waals surface area contributed by atoms with Crippen LogP contribution in [-0.4, -0.2) is 29.0 Å². The van der Waals surface area contributed by atoms with E-state index in [9.17, 15) is 19.7 Å². The van der Waals surface area contributed by atoms with Crippen LogP contribution >= 0.6 is 23.2 Å². The van der Waals surface area contributed by atoms with Gasteiger partial charge in [-0.25, -0.2) is 5.43 Å². The minimum absolute atomic E-state index is 0.0887. The lowest BCUT2D eigenvalue weighted by Gasteiger charge is -2.20. The minimum Gasteiger partial charge on any atom is -0.340 e. The molecule has 152 valence electrons. The van der Waals surface area contributed by atoms with Crippen LogP contribution in [0.25, 0.3) is 0 Å². The Kier molecular flexibility index (Phi) is 7.69. The molecule has 10 heteroatoms. The van der Waals surface area contributed by atoms with E-state index in [4.69, 9.17) is 23.2 Å². The second-order valence-corrected chi connectivity index (χ2v) is 7.22. The molecule has 0 spiro atoms. The van der Waals surface area contributed by atoms with Crippen LogP contribution in [0.1, 0.15) is 29.8 Å². The minimum atomic E-state index is -0.862. The molecule has 0 radical (unpaired) electrons. The summed E-state index contributed by atoms with van der Waals surface area (Å²) in [5.74, 6) is -1.25. The van der Waals surface area contributed by atoms with Gasteiger partial charge < -0.3 is 5.32 Å². The molecule has 2 aromatic carbocycles. The number of benzene rings is 2. The third kappa shape index (κ3) is 6.27. The van der Waals surface area contributed by atoms with Crippen molar-refractivity contribution in [2.75, 3.05) is 0 Å². The Morgan fingerprint density at radius 2 is 1.86 bits per heavy atom. The summed E-state index contributed by atoms with van der Waals surface area (Å²) in [7, 11) is 0. The first kappa shape index (κ1) is 22.3. The molecule has 0 aliphatic carbocycles. The number of hydrogen-bond acceptors (Lipinski definition) is 5. The average molecular weight is 437 g/mol. The maximum absolute atomic E-state index is 12.4. The highest BCUT2D eigenvalue weighted by Gasteiger charge is 2.24. The number of nitro benzene ring substituents is 1. The van der Waals surface area contributed by atoms with Gasteiger partial charge in [0.15, 0.2) is 0 Å². The van der Waals surface area contributed by atoms with Crippen molar-refractivity contribution in [3.8, 4) is 0 Å². The maximum Gasteiger partial charge on any atom is 0.270 e. The summed E-state index contributed by atoms with van der Waals surface area (Å²) in [5.41, 5.74) is 2.96. The molecule has 0 aromatic heterocycles. The van der Waals surface area contributed by atoms with E-state index in [2.05, 4.69) is 15.8 Å². The maximum atomic E-state index is 12.4. The summed E-state index contributed by atoms with van der Waals surface area (Å²) in [4.78, 5) is 35.1. The highest BCUT2D eigenvalue weighted by Crippen LogP contribution is 2.22. The van der Waals surface area contributed by atoms with Crippen LogP contribution in [0.2, 0.25) is 10.0 Å². The molecule has 0 aliphatic rings. The molecule has 0 bridgehead atoms. The van der Waals surface area contributed by atoms with Crippen molar-refractivity contribution >= 4 is 46.9 Å². The van der Waals surface area contributed by atoms with Crippen LogP contribution < -0.4 is 10.7 Å². The molecule has 2 rings (SSSR count). The van der Waals surface area contributed by atoms with Gasteiger partial charge in [0, 0.05) is 23.3 Å². The summed E-state index contributed by atoms with van der Waals surface area (Å²) in [6, 6.07) is 9.33. The van der Waals surface area contributed by atoms with E-state index in [1.807, 2.05) is 0 Å². The number of hydrazone groups is 1. The van der Waals surface area contributed by atoms with Crippen LogP contribution in [0, 0.1) is 16.0 Å². The lowest BCUT2D eigenvalue weighted by Crippen LogP contribution is -2.48. The molecule has 0 fully saturated rings. The van der Waals surface area contributed by atoms with Crippen LogP contribution in [-0.2, 0) is 4.79 Å². The Labute approximate surface area is 177 Å². The Hall–Kier alpha value is -2.97. The molecular formula is C19H18Cl2N4O4. The second-order valence-electron chi connectivity index (χ2n) is 6.41. The standard InChI is InChI=1S/C19H18Cl2N4O4/c1-11(2)17(23-18(26)13-6-7-15(20)16(21)9-13)19(27)24-22-10-12-4-3-5-14(8-12)25(28)29/h3-11,17H,1-2H3,(H,23,26)(H,24,27). The highest BCUT2D eigenvalue weighted by atomic mass is 35.5. The van der Waals surface area contributed by atoms with Gasteiger partial charge in [0.25, 0.3) is 17.5 Å². The lowest BCUT2D eigenvalue weighted by atomic mass is 10.0. The first-order valence-corrected chi connectivity index (χ1v) is 9.28. The molecule has 0 saturated carbocycles. The second kappa shape index (κ2) is 9.99. The summed E-state index contributed by atoms with van der Waals surface area (Å²) in [6.45, 7) is 3.53. The van der Waals surface area contributed by atoms with Gasteiger partial charge in [-0.05, 0) is 24.1 Å². The van der Waals surface area contributed by atoms with Crippen LogP contribution in [0.15, 0.2) is 47.6 Å². The first-order valence-electron chi connectivity index (χ1n) is 8.52. The van der Waals surface area contributed by atoms with Crippen molar-refractivity contribution in [1.29, 1.82) is 0 Å². The number of hydrogen-bond donors (Lipinski definition) is 2. The molecule has 1 unspecified atom stereocenters. The number of carbonyl (C=O) groups excluding carboxylic acids is 2. The SMILES string of the molecule is CC(C)C(NC(=O)c1ccc(Cl)c(Cl)c1)C(=O)NN=Cc1cccc([N+](=O)[O-])c1. The number of nitrogens with one attached hydrogen (secondary N) is 2. The molecule has 0 heterocycles. The monoisotopic (exact) mass is 436 g/mol. The molecule has 0 aliphatic heterocycles. The molecule has 1 atom stereocenters. The Balaban J connectivity index is 2.05. The van der Waals surface area contributed by atoms with Gasteiger partial charge in [-0.1, -0.05) is 49.2 Å². The molecule has 29 heavy (non-hydrogen) atoms. The fourth-order valence-corrected chi connectivity index (χ4v) is 2.65. The fourth-order valence-electron chi connectivity index (χ4n) is 2.36. The van der Waals surface area contributed by atoms with E-state index in [1.165, 1.54) is 42.6 Å². The Morgan fingerprint density at radius 3 is 2.48 bits per heavy atom. The third-order valence-corrected chi connectivity index (χ3v) is 4.63. The summed E-state index contributed by atoms with van der Waals surface area (Å²) < 4.78 is 0. The number of nitrogens with zero attached hydrogens (tertiary/aromatic N) is 2. The van der Waals surface area contributed by atoms with Crippen molar-refractivity contribution in [3.05, 3.63) is 73.8 Å². The molecular weight excluding hydrogens is 419 g/mol. The van der Waals surface area contributed by atoms with E-state index in [0.29, 0.717) is 10.6 Å². The zero-order valence-corrected chi connectivity index (χ0v) is 17.1. The van der Waals surface area contributed by atoms with Gasteiger partial charge in [-0.2, -0.15) is 5.10 Å². The van der Waals surface area contributed by atoms with Crippen LogP contribution in [0.5, 0.6) is 0 Å². The van der Waals surface area contributed by atoms with Crippen molar-refractivity contribution < 1.29 is 14.5 Å². The van der Waals surface area contributed by atoms with Gasteiger partial charge in [0.1, 0.15) is 6.04 Å². The lowest BCUT2D eigenvalue weighted by molar-refractivity contribution is -0.384. The predicted octanol–water partition coefficient (Wildman–Crippen LogP) is 3.81. The predicted molar refractivity (Wildman–Crippen MR) is 111 cm³/mol. The van der Waals surface area contributed by atoms with E-state index in [-0.39, 0.29) is 22.2 Å². The normalized spacial score (nSPS) is 12.0. The molecule has 0 saturated heterocycles. The number of halogens is 2. The van der Waals surface area contributed by atoms with Gasteiger partial charge in [0.05, 0.1) is 21.2 Å². The molecule has 2 aromatic rings. The smallest absolute Gasteiger partial charge is 0.270 e. The summed E-state index contributed by atoms with van der Waals surface area (Å²) in [6.07, 6.45) is 1.28. The van der Waals surface area contributed by atoms with Crippen molar-refractivity contribution in [3.63, 3.8) is 0 Å². The zero-order valence-electron chi connectivity index (χ0n) is 15.6. The van der Waals surface area contributed by atoms with E-state index >= 15 is 0 Å². The number of carbonyl (C=O) groups is 2. The largest absolute Gasteiger partial charge is 0.340 e. The first-order chi connectivity index (χ1) is 13.7. The number of nitro groups is 1. The third-order valence-electron chi connectivity index (χ3n) is 3.89. The van der Waals surface area contributed by atoms with E-state index in [0.717, 1.165) is 0 Å². The Bertz CT molecular complexity index is 963. The van der Waals surface area contributed by atoms with Gasteiger partial charge in [0.2, 0.25) is 0 Å². The summed E-state index contributed by atoms with van der Waals surface area (Å²) in [5, 5.41) is 17.8. The fraction of sp³-hybridized carbons (Fsp3) is 0.211. The van der Waals surface area contributed by atoms with E-state index in [1.54, 1.807) is 19.9 Å². The van der Waals surface area contributed by atoms with Gasteiger partial charge in [-0.15, -0.1) is 0 Å². The Morgan fingerprint density at radius 1 is 1.14 bits per heavy atom. The molecule has 8 nitrogen and oxygen atoms in total. The topological polar surface area (TPSA) is 114 Å². The van der Waals surface area contributed by atoms with E-state index < -0.39 is 22.8 Å². The quantitative estimate of drug-likeness (QED) is 0.390. The van der Waals surface area contributed by atoms with Crippen molar-refractivity contribution in [2.24, 2.45) is 11.0 Å². The molecule has 2 N–H and O–H groups in total. The molecule has 2 amide bonds. The van der Waals surface area contributed by atoms with Gasteiger partial charge >= 0.3 is 0 Å². The van der Waals surface area contributed by atoms with Crippen molar-refractivity contribution in [2.45, 2.75) is 19.9 Å². The highest BCUT2D eigenvalue weighted by molar-refractivity contribution is 6.42. The summed E-state index contributed by atoms with van der Waals surface area (Å²) >= 11 is 11.8. The van der Waals surface area contributed by atoms with Crippen molar-refractivity contribution in [1.82, 2.24) is 10.7 Å².